The summed E-state index contributed by atoms with van der Waals surface area (Å²) in [4.78, 5) is 13.0. The molecule has 1 saturated heterocycles. The number of hydrogen-bond donors (Lipinski definition) is 1. The molecule has 0 aromatic heterocycles. The SMILES string of the molecule is CC(=O)N1CC(O)CC(C(C)(C)C)C1. The maximum Gasteiger partial charge on any atom is 0.219 e. The topological polar surface area (TPSA) is 40.5 Å². The van der Waals surface area contributed by atoms with Gasteiger partial charge in [-0.1, -0.05) is 20.8 Å². The number of carbonyl (C=O) groups excluding carboxylic acids is 1. The number of aliphatic hydroxyl groups is 1. The maximum absolute atomic E-state index is 11.2. The smallest absolute Gasteiger partial charge is 0.219 e. The number of carbonyl (C=O) groups is 1. The zero-order valence-corrected chi connectivity index (χ0v) is 9.58. The van der Waals surface area contributed by atoms with Gasteiger partial charge in [-0.25, -0.2) is 0 Å². The van der Waals surface area contributed by atoms with Crippen molar-refractivity contribution >= 4 is 5.91 Å². The van der Waals surface area contributed by atoms with Gasteiger partial charge in [-0.3, -0.25) is 4.79 Å². The molecule has 0 saturated carbocycles. The Morgan fingerprint density at radius 3 is 2.36 bits per heavy atom. The van der Waals surface area contributed by atoms with Crippen molar-refractivity contribution in [3.8, 4) is 0 Å². The van der Waals surface area contributed by atoms with Crippen molar-refractivity contribution in [1.29, 1.82) is 0 Å². The van der Waals surface area contributed by atoms with Gasteiger partial charge in [0, 0.05) is 20.0 Å². The van der Waals surface area contributed by atoms with E-state index < -0.39 is 0 Å². The zero-order chi connectivity index (χ0) is 10.9. The molecule has 0 aromatic carbocycles. The summed E-state index contributed by atoms with van der Waals surface area (Å²) in [7, 11) is 0. The molecular formula is C11H21NO2. The first-order chi connectivity index (χ1) is 6.30. The Hall–Kier alpha value is -0.570. The lowest BCUT2D eigenvalue weighted by Crippen LogP contribution is -2.48. The van der Waals surface area contributed by atoms with Gasteiger partial charge in [-0.15, -0.1) is 0 Å². The lowest BCUT2D eigenvalue weighted by atomic mass is 9.75. The molecule has 3 nitrogen and oxygen atoms in total. The number of nitrogens with zero attached hydrogens (tertiary/aromatic N) is 1. The molecule has 0 radical (unpaired) electrons. The van der Waals surface area contributed by atoms with E-state index in [0.29, 0.717) is 12.5 Å². The Labute approximate surface area is 86.1 Å². The van der Waals surface area contributed by atoms with Crippen molar-refractivity contribution in [2.75, 3.05) is 13.1 Å². The van der Waals surface area contributed by atoms with E-state index in [4.69, 9.17) is 0 Å². The van der Waals surface area contributed by atoms with Crippen LogP contribution in [-0.4, -0.2) is 35.1 Å². The van der Waals surface area contributed by atoms with Crippen LogP contribution in [0.5, 0.6) is 0 Å². The molecule has 14 heavy (non-hydrogen) atoms. The fourth-order valence-corrected chi connectivity index (χ4v) is 1.96. The average Bonchev–Trinajstić information content (AvgIpc) is 2.01. The zero-order valence-electron chi connectivity index (χ0n) is 9.58. The van der Waals surface area contributed by atoms with Crippen molar-refractivity contribution in [2.24, 2.45) is 11.3 Å². The number of aliphatic hydroxyl groups excluding tert-OH is 1. The first-order valence-corrected chi connectivity index (χ1v) is 5.24. The van der Waals surface area contributed by atoms with Crippen LogP contribution in [0.2, 0.25) is 0 Å². The van der Waals surface area contributed by atoms with E-state index in [0.717, 1.165) is 13.0 Å². The first-order valence-electron chi connectivity index (χ1n) is 5.24. The van der Waals surface area contributed by atoms with Crippen LogP contribution in [0.1, 0.15) is 34.1 Å². The highest BCUT2D eigenvalue weighted by atomic mass is 16.3. The third kappa shape index (κ3) is 2.71. The molecule has 2 unspecified atom stereocenters. The third-order valence-electron chi connectivity index (χ3n) is 3.10. The summed E-state index contributed by atoms with van der Waals surface area (Å²) in [5, 5.41) is 9.67. The predicted molar refractivity (Wildman–Crippen MR) is 55.8 cm³/mol. The molecule has 0 spiro atoms. The third-order valence-corrected chi connectivity index (χ3v) is 3.10. The summed E-state index contributed by atoms with van der Waals surface area (Å²) < 4.78 is 0. The molecule has 0 bridgehead atoms. The first kappa shape index (κ1) is 11.5. The van der Waals surface area contributed by atoms with Gasteiger partial charge in [0.1, 0.15) is 0 Å². The highest BCUT2D eigenvalue weighted by Gasteiger charge is 2.34. The summed E-state index contributed by atoms with van der Waals surface area (Å²) in [5.41, 5.74) is 0.162. The van der Waals surface area contributed by atoms with Crippen LogP contribution in [0.3, 0.4) is 0 Å². The number of β-amino-alcohol motifs (C(OH)–C–C–N with tert-alkyl or cyclic N) is 1. The summed E-state index contributed by atoms with van der Waals surface area (Å²) in [6.45, 7) is 9.34. The number of rotatable bonds is 0. The lowest BCUT2D eigenvalue weighted by molar-refractivity contribution is -0.134. The fourth-order valence-electron chi connectivity index (χ4n) is 1.96. The molecule has 1 heterocycles. The molecule has 1 aliphatic heterocycles. The molecule has 1 amide bonds. The van der Waals surface area contributed by atoms with Gasteiger partial charge < -0.3 is 10.0 Å². The molecule has 2 atom stereocenters. The van der Waals surface area contributed by atoms with Crippen LogP contribution in [0.15, 0.2) is 0 Å². The van der Waals surface area contributed by atoms with Crippen LogP contribution in [0.4, 0.5) is 0 Å². The number of piperidine rings is 1. The largest absolute Gasteiger partial charge is 0.391 e. The molecule has 1 rings (SSSR count). The average molecular weight is 199 g/mol. The minimum Gasteiger partial charge on any atom is -0.391 e. The second-order valence-corrected chi connectivity index (χ2v) is 5.38. The van der Waals surface area contributed by atoms with Crippen LogP contribution in [0, 0.1) is 11.3 Å². The number of hydrogen-bond acceptors (Lipinski definition) is 2. The summed E-state index contributed by atoms with van der Waals surface area (Å²) in [6.07, 6.45) is 0.463. The van der Waals surface area contributed by atoms with E-state index in [-0.39, 0.29) is 17.4 Å². The van der Waals surface area contributed by atoms with Crippen LogP contribution < -0.4 is 0 Å². The van der Waals surface area contributed by atoms with E-state index in [1.54, 1.807) is 11.8 Å². The number of amides is 1. The molecule has 82 valence electrons. The van der Waals surface area contributed by atoms with Crippen molar-refractivity contribution < 1.29 is 9.90 Å². The van der Waals surface area contributed by atoms with E-state index in [9.17, 15) is 9.90 Å². The summed E-state index contributed by atoms with van der Waals surface area (Å²) in [6, 6.07) is 0. The van der Waals surface area contributed by atoms with Crippen molar-refractivity contribution in [3.05, 3.63) is 0 Å². The summed E-state index contributed by atoms with van der Waals surface area (Å²) in [5.74, 6) is 0.466. The highest BCUT2D eigenvalue weighted by Crippen LogP contribution is 2.33. The Balaban J connectivity index is 2.68. The maximum atomic E-state index is 11.2. The standard InChI is InChI=1S/C11H21NO2/c1-8(13)12-6-9(11(2,3)4)5-10(14)7-12/h9-10,14H,5-7H2,1-4H3. The van der Waals surface area contributed by atoms with E-state index in [2.05, 4.69) is 20.8 Å². The van der Waals surface area contributed by atoms with Gasteiger partial charge in [0.25, 0.3) is 0 Å². The van der Waals surface area contributed by atoms with E-state index in [1.165, 1.54) is 0 Å². The normalized spacial score (nSPS) is 29.1. The molecule has 0 aliphatic carbocycles. The minimum atomic E-state index is -0.350. The minimum absolute atomic E-state index is 0.0676. The fraction of sp³-hybridized carbons (Fsp3) is 0.909. The monoisotopic (exact) mass is 199 g/mol. The van der Waals surface area contributed by atoms with E-state index >= 15 is 0 Å². The Morgan fingerprint density at radius 2 is 1.93 bits per heavy atom. The second-order valence-electron chi connectivity index (χ2n) is 5.38. The Bertz CT molecular complexity index is 220. The van der Waals surface area contributed by atoms with Crippen LogP contribution in [0.25, 0.3) is 0 Å². The number of likely N-dealkylation sites (tertiary alicyclic amines) is 1. The molecule has 0 aromatic rings. The van der Waals surface area contributed by atoms with Crippen LogP contribution in [-0.2, 0) is 4.79 Å². The van der Waals surface area contributed by atoms with Gasteiger partial charge in [-0.05, 0) is 17.8 Å². The molecule has 1 N–H and O–H groups in total. The Kier molecular flexibility index (Phi) is 3.20. The molecular weight excluding hydrogens is 178 g/mol. The van der Waals surface area contributed by atoms with Crippen molar-refractivity contribution in [3.63, 3.8) is 0 Å². The van der Waals surface area contributed by atoms with Crippen molar-refractivity contribution in [2.45, 2.75) is 40.2 Å². The highest BCUT2D eigenvalue weighted by molar-refractivity contribution is 5.73. The predicted octanol–water partition coefficient (Wildman–Crippen LogP) is 1.26. The van der Waals surface area contributed by atoms with Gasteiger partial charge in [-0.2, -0.15) is 0 Å². The molecule has 1 fully saturated rings. The molecule has 3 heteroatoms. The van der Waals surface area contributed by atoms with Gasteiger partial charge in [0.15, 0.2) is 0 Å². The van der Waals surface area contributed by atoms with Crippen molar-refractivity contribution in [1.82, 2.24) is 4.90 Å². The molecule has 1 aliphatic rings. The van der Waals surface area contributed by atoms with Crippen LogP contribution >= 0.6 is 0 Å². The van der Waals surface area contributed by atoms with E-state index in [1.807, 2.05) is 0 Å². The quantitative estimate of drug-likeness (QED) is 0.638. The second kappa shape index (κ2) is 3.89. The van der Waals surface area contributed by atoms with Gasteiger partial charge in [0.05, 0.1) is 6.10 Å². The van der Waals surface area contributed by atoms with Gasteiger partial charge in [0.2, 0.25) is 5.91 Å². The lowest BCUT2D eigenvalue weighted by Gasteiger charge is -2.41. The van der Waals surface area contributed by atoms with Gasteiger partial charge >= 0.3 is 0 Å². The summed E-state index contributed by atoms with van der Waals surface area (Å²) >= 11 is 0. The Morgan fingerprint density at radius 1 is 1.36 bits per heavy atom.